The Labute approximate surface area is 168 Å². The second-order valence-electron chi connectivity index (χ2n) is 5.93. The molecule has 26 heavy (non-hydrogen) atoms. The average molecular weight is 407 g/mol. The molecule has 0 saturated heterocycles. The van der Waals surface area contributed by atoms with Gasteiger partial charge in [0.05, 0.1) is 15.1 Å². The molecule has 0 amide bonds. The minimum Gasteiger partial charge on any atom is -0.457 e. The lowest BCUT2D eigenvalue weighted by atomic mass is 10.1. The Kier molecular flexibility index (Phi) is 6.44. The average Bonchev–Trinajstić information content (AvgIpc) is 2.65. The van der Waals surface area contributed by atoms with E-state index >= 15 is 0 Å². The molecular weight excluding hydrogens is 389 g/mol. The topological polar surface area (TPSA) is 21.3 Å². The lowest BCUT2D eigenvalue weighted by molar-refractivity contribution is 0.481. The number of rotatable bonds is 6. The largest absolute Gasteiger partial charge is 0.457 e. The van der Waals surface area contributed by atoms with E-state index in [1.165, 1.54) is 0 Å². The highest BCUT2D eigenvalue weighted by molar-refractivity contribution is 6.48. The van der Waals surface area contributed by atoms with Gasteiger partial charge in [-0.2, -0.15) is 0 Å². The summed E-state index contributed by atoms with van der Waals surface area (Å²) >= 11 is 18.4. The Morgan fingerprint density at radius 3 is 2.35 bits per heavy atom. The van der Waals surface area contributed by atoms with Crippen LogP contribution in [0.1, 0.15) is 24.1 Å². The minimum atomic E-state index is 0.0240. The number of ether oxygens (including phenoxy) is 1. The Balaban J connectivity index is 1.66. The molecule has 3 aromatic rings. The van der Waals surface area contributed by atoms with Gasteiger partial charge in [0.15, 0.2) is 0 Å². The number of benzene rings is 3. The van der Waals surface area contributed by atoms with E-state index in [1.807, 2.05) is 67.6 Å². The summed E-state index contributed by atoms with van der Waals surface area (Å²) in [7, 11) is 0. The van der Waals surface area contributed by atoms with Crippen LogP contribution < -0.4 is 10.1 Å². The van der Waals surface area contributed by atoms with Crippen LogP contribution in [0.5, 0.6) is 11.5 Å². The fourth-order valence-corrected chi connectivity index (χ4v) is 3.31. The smallest absolute Gasteiger partial charge is 0.127 e. The second kappa shape index (κ2) is 8.79. The molecular formula is C21H18Cl3NO. The van der Waals surface area contributed by atoms with Gasteiger partial charge in [-0.15, -0.1) is 0 Å². The van der Waals surface area contributed by atoms with Gasteiger partial charge in [0.1, 0.15) is 11.5 Å². The second-order valence-corrected chi connectivity index (χ2v) is 7.09. The summed E-state index contributed by atoms with van der Waals surface area (Å²) in [5.74, 6) is 1.62. The highest BCUT2D eigenvalue weighted by Gasteiger charge is 2.14. The van der Waals surface area contributed by atoms with Gasteiger partial charge in [-0.1, -0.05) is 71.2 Å². The van der Waals surface area contributed by atoms with Crippen LogP contribution in [0.25, 0.3) is 0 Å². The first-order valence-electron chi connectivity index (χ1n) is 8.23. The van der Waals surface area contributed by atoms with E-state index in [0.29, 0.717) is 21.6 Å². The van der Waals surface area contributed by atoms with Crippen molar-refractivity contribution in [3.63, 3.8) is 0 Å². The van der Waals surface area contributed by atoms with Gasteiger partial charge in [0.2, 0.25) is 0 Å². The summed E-state index contributed by atoms with van der Waals surface area (Å²) < 4.78 is 5.88. The van der Waals surface area contributed by atoms with E-state index in [9.17, 15) is 0 Å². The van der Waals surface area contributed by atoms with Crippen LogP contribution in [0.3, 0.4) is 0 Å². The Morgan fingerprint density at radius 2 is 1.58 bits per heavy atom. The van der Waals surface area contributed by atoms with Gasteiger partial charge in [0, 0.05) is 12.6 Å². The van der Waals surface area contributed by atoms with Crippen LogP contribution in [-0.2, 0) is 6.54 Å². The summed E-state index contributed by atoms with van der Waals surface area (Å²) in [6, 6.07) is 21.4. The summed E-state index contributed by atoms with van der Waals surface area (Å²) in [5.41, 5.74) is 2.03. The zero-order valence-electron chi connectivity index (χ0n) is 14.2. The normalized spacial score (nSPS) is 12.0. The summed E-state index contributed by atoms with van der Waals surface area (Å²) in [6.07, 6.45) is 0. The van der Waals surface area contributed by atoms with Gasteiger partial charge in [-0.3, -0.25) is 0 Å². The van der Waals surface area contributed by atoms with Gasteiger partial charge >= 0.3 is 0 Å². The van der Waals surface area contributed by atoms with Gasteiger partial charge in [-0.25, -0.2) is 0 Å². The number of halogens is 3. The SMILES string of the molecule is CC(NCc1cccc(Oc2ccccc2)c1)c1ccc(Cl)c(Cl)c1Cl. The van der Waals surface area contributed by atoms with Crippen molar-refractivity contribution in [2.24, 2.45) is 0 Å². The van der Waals surface area contributed by atoms with E-state index in [0.717, 1.165) is 22.6 Å². The fourth-order valence-electron chi connectivity index (χ4n) is 2.60. The van der Waals surface area contributed by atoms with Crippen molar-refractivity contribution >= 4 is 34.8 Å². The van der Waals surface area contributed by atoms with E-state index < -0.39 is 0 Å². The van der Waals surface area contributed by atoms with Crippen molar-refractivity contribution in [3.8, 4) is 11.5 Å². The zero-order valence-corrected chi connectivity index (χ0v) is 16.4. The van der Waals surface area contributed by atoms with E-state index in [-0.39, 0.29) is 6.04 Å². The molecule has 0 aliphatic heterocycles. The van der Waals surface area contributed by atoms with Crippen LogP contribution in [0.4, 0.5) is 0 Å². The third-order valence-electron chi connectivity index (χ3n) is 4.02. The summed E-state index contributed by atoms with van der Waals surface area (Å²) in [6.45, 7) is 2.71. The first-order chi connectivity index (χ1) is 12.5. The van der Waals surface area contributed by atoms with Crippen molar-refractivity contribution in [3.05, 3.63) is 92.9 Å². The predicted molar refractivity (Wildman–Crippen MR) is 110 cm³/mol. The first-order valence-corrected chi connectivity index (χ1v) is 9.36. The van der Waals surface area contributed by atoms with E-state index in [4.69, 9.17) is 39.5 Å². The highest BCUT2D eigenvalue weighted by Crippen LogP contribution is 2.35. The van der Waals surface area contributed by atoms with Crippen LogP contribution in [0.15, 0.2) is 66.7 Å². The third-order valence-corrected chi connectivity index (χ3v) is 5.33. The summed E-state index contributed by atoms with van der Waals surface area (Å²) in [4.78, 5) is 0. The molecule has 2 nitrogen and oxygen atoms in total. The molecule has 134 valence electrons. The highest BCUT2D eigenvalue weighted by atomic mass is 35.5. The monoisotopic (exact) mass is 405 g/mol. The van der Waals surface area contributed by atoms with E-state index in [1.54, 1.807) is 6.07 Å². The van der Waals surface area contributed by atoms with Crippen LogP contribution in [0.2, 0.25) is 15.1 Å². The van der Waals surface area contributed by atoms with Crippen LogP contribution >= 0.6 is 34.8 Å². The molecule has 1 N–H and O–H groups in total. The van der Waals surface area contributed by atoms with Gasteiger partial charge in [0.25, 0.3) is 0 Å². The summed E-state index contributed by atoms with van der Waals surface area (Å²) in [5, 5.41) is 4.78. The number of nitrogens with one attached hydrogen (secondary N) is 1. The lowest BCUT2D eigenvalue weighted by Crippen LogP contribution is -2.18. The Morgan fingerprint density at radius 1 is 0.846 bits per heavy atom. The van der Waals surface area contributed by atoms with Crippen molar-refractivity contribution in [1.82, 2.24) is 5.32 Å². The quantitative estimate of drug-likeness (QED) is 0.434. The molecule has 1 unspecified atom stereocenters. The van der Waals surface area contributed by atoms with Gasteiger partial charge in [-0.05, 0) is 48.4 Å². The molecule has 0 aromatic heterocycles. The molecule has 3 rings (SSSR count). The standard InChI is InChI=1S/C21H18Cl3NO/c1-14(18-10-11-19(22)21(24)20(18)23)25-13-15-6-5-9-17(12-15)26-16-7-3-2-4-8-16/h2-12,14,25H,13H2,1H3. The number of para-hydroxylation sites is 1. The Hall–Kier alpha value is -1.71. The maximum absolute atomic E-state index is 6.31. The molecule has 0 fully saturated rings. The molecule has 0 saturated carbocycles. The maximum Gasteiger partial charge on any atom is 0.127 e. The molecule has 3 aromatic carbocycles. The molecule has 0 aliphatic carbocycles. The predicted octanol–water partition coefficient (Wildman–Crippen LogP) is 7.29. The minimum absolute atomic E-state index is 0.0240. The molecule has 0 radical (unpaired) electrons. The molecule has 0 bridgehead atoms. The molecule has 0 heterocycles. The maximum atomic E-state index is 6.31. The van der Waals surface area contributed by atoms with Crippen molar-refractivity contribution in [1.29, 1.82) is 0 Å². The van der Waals surface area contributed by atoms with Gasteiger partial charge < -0.3 is 10.1 Å². The molecule has 1 atom stereocenters. The van der Waals surface area contributed by atoms with Crippen molar-refractivity contribution < 1.29 is 4.74 Å². The lowest BCUT2D eigenvalue weighted by Gasteiger charge is -2.17. The molecule has 5 heteroatoms. The van der Waals surface area contributed by atoms with E-state index in [2.05, 4.69) is 5.32 Å². The Bertz CT molecular complexity index is 884. The molecule has 0 aliphatic rings. The number of hydrogen-bond acceptors (Lipinski definition) is 2. The third kappa shape index (κ3) is 4.72. The van der Waals surface area contributed by atoms with Crippen LogP contribution in [-0.4, -0.2) is 0 Å². The van der Waals surface area contributed by atoms with Crippen molar-refractivity contribution in [2.75, 3.05) is 0 Å². The number of hydrogen-bond donors (Lipinski definition) is 1. The van der Waals surface area contributed by atoms with Crippen LogP contribution in [0, 0.1) is 0 Å². The fraction of sp³-hybridized carbons (Fsp3) is 0.143. The first kappa shape index (κ1) is 19.1. The van der Waals surface area contributed by atoms with Crippen molar-refractivity contribution in [2.45, 2.75) is 19.5 Å². The zero-order chi connectivity index (χ0) is 18.5. The molecule has 0 spiro atoms.